The molecule has 0 spiro atoms. The minimum Gasteiger partial charge on any atom is -0.466 e. The molecule has 1 aliphatic heterocycles. The first-order chi connectivity index (χ1) is 37.7. The topological polar surface area (TPSA) is 175 Å². The molecule has 0 bridgehead atoms. The van der Waals surface area contributed by atoms with Gasteiger partial charge in [-0.1, -0.05) is 236 Å². The number of carbonyl (C=O) groups excluding carboxylic acids is 2. The number of hydrogen-bond donors (Lipinski definition) is 6. The van der Waals surface area contributed by atoms with Crippen LogP contribution in [0.25, 0.3) is 0 Å². The lowest BCUT2D eigenvalue weighted by Crippen LogP contribution is -2.60. The Bertz CT molecular complexity index is 1420. The van der Waals surface area contributed by atoms with Gasteiger partial charge in [0.25, 0.3) is 0 Å². The number of carbonyl (C=O) groups is 2. The summed E-state index contributed by atoms with van der Waals surface area (Å²) in [5, 5.41) is 54.2. The second-order valence-corrected chi connectivity index (χ2v) is 22.4. The van der Waals surface area contributed by atoms with E-state index in [1.807, 2.05) is 6.08 Å². The van der Waals surface area contributed by atoms with Crippen molar-refractivity contribution in [1.82, 2.24) is 5.32 Å². The summed E-state index contributed by atoms with van der Waals surface area (Å²) < 4.78 is 16.7. The van der Waals surface area contributed by atoms with Gasteiger partial charge >= 0.3 is 5.97 Å². The van der Waals surface area contributed by atoms with E-state index in [2.05, 4.69) is 55.6 Å². The quantitative estimate of drug-likeness (QED) is 0.0195. The Morgan fingerprint density at radius 2 is 0.844 bits per heavy atom. The van der Waals surface area contributed by atoms with E-state index in [9.17, 15) is 35.1 Å². The largest absolute Gasteiger partial charge is 0.466 e. The zero-order valence-electron chi connectivity index (χ0n) is 49.7. The van der Waals surface area contributed by atoms with Crippen molar-refractivity contribution in [1.29, 1.82) is 0 Å². The first kappa shape index (κ1) is 72.6. The molecule has 11 nitrogen and oxygen atoms in total. The predicted octanol–water partition coefficient (Wildman–Crippen LogP) is 15.6. The average Bonchev–Trinajstić information content (AvgIpc) is 3.43. The molecule has 0 aromatic carbocycles. The van der Waals surface area contributed by atoms with Crippen LogP contribution >= 0.6 is 0 Å². The number of nitrogens with one attached hydrogen (secondary N) is 1. The Kier molecular flexibility index (Phi) is 52.4. The predicted molar refractivity (Wildman–Crippen MR) is 320 cm³/mol. The van der Waals surface area contributed by atoms with Crippen LogP contribution in [0, 0.1) is 0 Å². The number of aliphatic hydroxyl groups excluding tert-OH is 5. The van der Waals surface area contributed by atoms with Crippen molar-refractivity contribution in [3.8, 4) is 0 Å². The zero-order valence-corrected chi connectivity index (χ0v) is 49.7. The third kappa shape index (κ3) is 45.0. The SMILES string of the molecule is CCCCC/C=C/CC/C=C/C(O)C(COC1OC(CO)C(O)C(O)C1O)NC(=O)CCCCCCCCCCCC/C=C\CCCCCCCCCCCCCCOC(=O)CCCCCCC/C=C\CCCCCCC. The van der Waals surface area contributed by atoms with E-state index in [4.69, 9.17) is 14.2 Å². The molecule has 1 rings (SSSR count). The smallest absolute Gasteiger partial charge is 0.305 e. The number of hydrogen-bond acceptors (Lipinski definition) is 10. The monoisotopic (exact) mass is 1090 g/mol. The van der Waals surface area contributed by atoms with Crippen LogP contribution in [-0.4, -0.2) is 100 Å². The average molecular weight is 1090 g/mol. The van der Waals surface area contributed by atoms with E-state index < -0.39 is 49.5 Å². The molecular weight excluding hydrogens is 967 g/mol. The molecular formula is C66H121NO10. The van der Waals surface area contributed by atoms with E-state index in [0.717, 1.165) is 57.8 Å². The number of aliphatic hydroxyl groups is 5. The highest BCUT2D eigenvalue weighted by atomic mass is 16.7. The Balaban J connectivity index is 1.97. The molecule has 7 unspecified atom stereocenters. The van der Waals surface area contributed by atoms with Gasteiger partial charge in [-0.25, -0.2) is 0 Å². The fourth-order valence-corrected chi connectivity index (χ4v) is 9.97. The molecule has 1 fully saturated rings. The lowest BCUT2D eigenvalue weighted by Gasteiger charge is -2.40. The third-order valence-electron chi connectivity index (χ3n) is 15.1. The molecule has 0 aromatic heterocycles. The summed E-state index contributed by atoms with van der Waals surface area (Å²) >= 11 is 0. The van der Waals surface area contributed by atoms with Gasteiger partial charge in [0, 0.05) is 12.8 Å². The molecule has 77 heavy (non-hydrogen) atoms. The van der Waals surface area contributed by atoms with E-state index >= 15 is 0 Å². The molecule has 0 radical (unpaired) electrons. The van der Waals surface area contributed by atoms with Gasteiger partial charge in [-0.05, 0) is 96.3 Å². The van der Waals surface area contributed by atoms with Gasteiger partial charge in [0.2, 0.25) is 5.91 Å². The van der Waals surface area contributed by atoms with Crippen molar-refractivity contribution >= 4 is 11.9 Å². The number of ether oxygens (including phenoxy) is 3. The molecule has 6 N–H and O–H groups in total. The molecule has 1 aliphatic rings. The van der Waals surface area contributed by atoms with Crippen molar-refractivity contribution in [2.24, 2.45) is 0 Å². The van der Waals surface area contributed by atoms with Crippen LogP contribution in [0.5, 0.6) is 0 Å². The number of allylic oxidation sites excluding steroid dienone is 7. The molecule has 1 heterocycles. The number of amides is 1. The van der Waals surface area contributed by atoms with Crippen LogP contribution in [0.15, 0.2) is 48.6 Å². The highest BCUT2D eigenvalue weighted by Crippen LogP contribution is 2.23. The standard InChI is InChI=1S/C66H121NO10/c1-3-5-7-9-11-13-14-15-31-34-38-42-46-50-54-62(71)75-55-51-47-43-39-35-32-29-27-25-23-21-19-17-16-18-20-22-24-26-28-30-33-37-41-45-49-53-61(70)67-58(59(69)52-48-44-40-36-12-10-8-6-4-2)57-76-66-65(74)64(73)63(72)60(56-68)77-66/h12,14-16,18,36,48,52,58-60,63-66,68-69,72-74H,3-11,13,17,19-35,37-47,49-51,53-57H2,1-2H3,(H,67,70)/b15-14-,18-16-,36-12+,52-48+. The normalized spacial score (nSPS) is 18.9. The van der Waals surface area contributed by atoms with E-state index in [1.165, 1.54) is 212 Å². The first-order valence-electron chi connectivity index (χ1n) is 32.4. The fourth-order valence-electron chi connectivity index (χ4n) is 9.97. The molecule has 450 valence electrons. The van der Waals surface area contributed by atoms with Gasteiger partial charge < -0.3 is 45.1 Å². The summed E-state index contributed by atoms with van der Waals surface area (Å²) in [6, 6.07) is -0.828. The van der Waals surface area contributed by atoms with Crippen molar-refractivity contribution < 1.29 is 49.3 Å². The number of esters is 1. The van der Waals surface area contributed by atoms with Crippen molar-refractivity contribution in [2.45, 2.75) is 339 Å². The van der Waals surface area contributed by atoms with Crippen LogP contribution in [-0.2, 0) is 23.8 Å². The maximum atomic E-state index is 13.0. The van der Waals surface area contributed by atoms with Gasteiger partial charge in [0.15, 0.2) is 6.29 Å². The van der Waals surface area contributed by atoms with E-state index in [-0.39, 0.29) is 18.5 Å². The Labute approximate surface area is 472 Å². The van der Waals surface area contributed by atoms with Gasteiger partial charge in [-0.3, -0.25) is 9.59 Å². The minimum atomic E-state index is -1.58. The Morgan fingerprint density at radius 1 is 0.468 bits per heavy atom. The summed E-state index contributed by atoms with van der Waals surface area (Å²) in [7, 11) is 0. The summed E-state index contributed by atoms with van der Waals surface area (Å²) in [4.78, 5) is 25.0. The number of unbranched alkanes of at least 4 members (excludes halogenated alkanes) is 36. The number of rotatable bonds is 56. The van der Waals surface area contributed by atoms with Crippen LogP contribution < -0.4 is 5.32 Å². The second-order valence-electron chi connectivity index (χ2n) is 22.4. The summed E-state index contributed by atoms with van der Waals surface area (Å²) in [5.41, 5.74) is 0. The molecule has 1 amide bonds. The van der Waals surface area contributed by atoms with Gasteiger partial charge in [0.1, 0.15) is 24.4 Å². The summed E-state index contributed by atoms with van der Waals surface area (Å²) in [5.74, 6) is -0.201. The van der Waals surface area contributed by atoms with Crippen LogP contribution in [0.4, 0.5) is 0 Å². The molecule has 0 aliphatic carbocycles. The first-order valence-corrected chi connectivity index (χ1v) is 32.4. The second kappa shape index (κ2) is 55.5. The maximum absolute atomic E-state index is 13.0. The van der Waals surface area contributed by atoms with Gasteiger partial charge in [-0.15, -0.1) is 0 Å². The molecule has 0 aromatic rings. The Morgan fingerprint density at radius 3 is 1.31 bits per heavy atom. The zero-order chi connectivity index (χ0) is 55.9. The third-order valence-corrected chi connectivity index (χ3v) is 15.1. The van der Waals surface area contributed by atoms with Crippen LogP contribution in [0.1, 0.15) is 296 Å². The van der Waals surface area contributed by atoms with Crippen LogP contribution in [0.2, 0.25) is 0 Å². The highest BCUT2D eigenvalue weighted by molar-refractivity contribution is 5.76. The van der Waals surface area contributed by atoms with E-state index in [0.29, 0.717) is 19.4 Å². The lowest BCUT2D eigenvalue weighted by molar-refractivity contribution is -0.302. The van der Waals surface area contributed by atoms with Crippen molar-refractivity contribution in [2.75, 3.05) is 19.8 Å². The molecule has 7 atom stereocenters. The van der Waals surface area contributed by atoms with Crippen molar-refractivity contribution in [3.63, 3.8) is 0 Å². The minimum absolute atomic E-state index is 0.00500. The fraction of sp³-hybridized carbons (Fsp3) is 0.848. The molecule has 11 heteroatoms. The van der Waals surface area contributed by atoms with Gasteiger partial charge in [-0.2, -0.15) is 0 Å². The highest BCUT2D eigenvalue weighted by Gasteiger charge is 2.44. The molecule has 0 saturated carbocycles. The van der Waals surface area contributed by atoms with Gasteiger partial charge in [0.05, 0.1) is 32.0 Å². The molecule has 1 saturated heterocycles. The lowest BCUT2D eigenvalue weighted by atomic mass is 9.99. The van der Waals surface area contributed by atoms with Crippen LogP contribution in [0.3, 0.4) is 0 Å². The maximum Gasteiger partial charge on any atom is 0.305 e. The summed E-state index contributed by atoms with van der Waals surface area (Å²) in [6.07, 6.45) is 61.0. The van der Waals surface area contributed by atoms with E-state index in [1.54, 1.807) is 6.08 Å². The van der Waals surface area contributed by atoms with Crippen molar-refractivity contribution in [3.05, 3.63) is 48.6 Å². The Hall–Kier alpha value is -2.38. The summed E-state index contributed by atoms with van der Waals surface area (Å²) in [6.45, 7) is 4.27.